The molecule has 2 amide bonds. The number of hydrogen-bond acceptors (Lipinski definition) is 2. The molecule has 4 bridgehead atoms. The molecule has 5 heteroatoms. The molecule has 38 heavy (non-hydrogen) atoms. The Morgan fingerprint density at radius 1 is 0.842 bits per heavy atom. The lowest BCUT2D eigenvalue weighted by Crippen LogP contribution is -2.51. The van der Waals surface area contributed by atoms with Crippen LogP contribution in [0.15, 0.2) is 48.7 Å². The van der Waals surface area contributed by atoms with Gasteiger partial charge in [0, 0.05) is 40.0 Å². The monoisotopic (exact) mass is 509 g/mol. The number of amides is 2. The summed E-state index contributed by atoms with van der Waals surface area (Å²) in [4.78, 5) is 29.8. The molecule has 1 heterocycles. The molecule has 2 atom stereocenters. The van der Waals surface area contributed by atoms with Gasteiger partial charge >= 0.3 is 0 Å². The molecule has 5 nitrogen and oxygen atoms in total. The summed E-state index contributed by atoms with van der Waals surface area (Å²) in [5, 5.41) is 7.57. The lowest BCUT2D eigenvalue weighted by molar-refractivity contribution is -0.140. The first-order valence-corrected chi connectivity index (χ1v) is 14.8. The molecule has 8 rings (SSSR count). The summed E-state index contributed by atoms with van der Waals surface area (Å²) in [5.74, 6) is 3.21. The Morgan fingerprint density at radius 2 is 1.50 bits per heavy atom. The van der Waals surface area contributed by atoms with Crippen LogP contribution < -0.4 is 10.6 Å². The molecule has 2 unspecified atom stereocenters. The Bertz CT molecular complexity index is 1340. The molecule has 2 aromatic carbocycles. The number of aromatic nitrogens is 1. The van der Waals surface area contributed by atoms with Gasteiger partial charge in [0.25, 0.3) is 0 Å². The van der Waals surface area contributed by atoms with Crippen LogP contribution in [0.25, 0.3) is 22.0 Å². The number of hydrogen-bond donors (Lipinski definition) is 3. The third kappa shape index (κ3) is 4.24. The Balaban J connectivity index is 1.08. The highest BCUT2D eigenvalue weighted by molar-refractivity contribution is 6.01. The number of fused-ring (bicyclic) bond motifs is 1. The molecule has 0 spiro atoms. The second-order valence-electron chi connectivity index (χ2n) is 13.0. The van der Waals surface area contributed by atoms with E-state index in [0.29, 0.717) is 5.92 Å². The second kappa shape index (κ2) is 9.29. The third-order valence-electron chi connectivity index (χ3n) is 10.4. The van der Waals surface area contributed by atoms with Crippen molar-refractivity contribution >= 4 is 34.1 Å². The molecule has 0 saturated heterocycles. The Labute approximate surface area is 225 Å². The lowest BCUT2D eigenvalue weighted by Gasteiger charge is -2.55. The number of aromatic amines is 1. The number of carbonyl (C=O) groups is 2. The third-order valence-corrected chi connectivity index (χ3v) is 10.4. The van der Waals surface area contributed by atoms with Crippen molar-refractivity contribution in [2.45, 2.75) is 71.1 Å². The van der Waals surface area contributed by atoms with Gasteiger partial charge in [-0.05, 0) is 111 Å². The van der Waals surface area contributed by atoms with E-state index in [0.717, 1.165) is 89.7 Å². The van der Waals surface area contributed by atoms with E-state index in [-0.39, 0.29) is 23.1 Å². The quantitative estimate of drug-likeness (QED) is 0.329. The van der Waals surface area contributed by atoms with E-state index >= 15 is 0 Å². The second-order valence-corrected chi connectivity index (χ2v) is 13.0. The highest BCUT2D eigenvalue weighted by Gasteiger charge is 2.54. The van der Waals surface area contributed by atoms with Gasteiger partial charge in [-0.15, -0.1) is 0 Å². The predicted molar refractivity (Wildman–Crippen MR) is 153 cm³/mol. The highest BCUT2D eigenvalue weighted by Crippen LogP contribution is 2.60. The largest absolute Gasteiger partial charge is 0.361 e. The zero-order valence-electron chi connectivity index (χ0n) is 22.4. The van der Waals surface area contributed by atoms with E-state index in [1.807, 2.05) is 24.4 Å². The minimum atomic E-state index is -0.152. The van der Waals surface area contributed by atoms with E-state index in [4.69, 9.17) is 0 Å². The van der Waals surface area contributed by atoms with Crippen molar-refractivity contribution in [1.82, 2.24) is 4.98 Å². The van der Waals surface area contributed by atoms with E-state index in [1.165, 1.54) is 25.7 Å². The Kier molecular flexibility index (Phi) is 5.86. The molecular formula is C33H39N3O2. The molecule has 3 N–H and O–H groups in total. The molecule has 5 aliphatic rings. The van der Waals surface area contributed by atoms with Crippen LogP contribution in [0, 0.1) is 35.0 Å². The number of carbonyl (C=O) groups excluding carboxylic acids is 2. The first-order valence-electron chi connectivity index (χ1n) is 14.8. The molecule has 5 fully saturated rings. The van der Waals surface area contributed by atoms with Crippen molar-refractivity contribution < 1.29 is 9.59 Å². The summed E-state index contributed by atoms with van der Waals surface area (Å²) >= 11 is 0. The van der Waals surface area contributed by atoms with Crippen molar-refractivity contribution in [2.24, 2.45) is 35.0 Å². The van der Waals surface area contributed by atoms with Gasteiger partial charge in [-0.25, -0.2) is 0 Å². The first-order chi connectivity index (χ1) is 18.5. The fraction of sp³-hybridized carbons (Fsp3) is 0.515. The predicted octanol–water partition coefficient (Wildman–Crippen LogP) is 7.75. The highest BCUT2D eigenvalue weighted by atomic mass is 16.2. The maximum atomic E-state index is 13.6. The van der Waals surface area contributed by atoms with Gasteiger partial charge in [0.15, 0.2) is 0 Å². The molecular weight excluding hydrogens is 470 g/mol. The summed E-state index contributed by atoms with van der Waals surface area (Å²) in [7, 11) is 0. The van der Waals surface area contributed by atoms with Gasteiger partial charge in [-0.2, -0.15) is 0 Å². The van der Waals surface area contributed by atoms with Crippen LogP contribution in [-0.2, 0) is 9.59 Å². The van der Waals surface area contributed by atoms with Crippen molar-refractivity contribution in [2.75, 3.05) is 10.6 Å². The van der Waals surface area contributed by atoms with Crippen LogP contribution in [0.1, 0.15) is 71.1 Å². The summed E-state index contributed by atoms with van der Waals surface area (Å²) in [6.45, 7) is 2.20. The van der Waals surface area contributed by atoms with E-state index in [9.17, 15) is 9.59 Å². The molecule has 1 aromatic heterocycles. The topological polar surface area (TPSA) is 74.0 Å². The average molecular weight is 510 g/mol. The van der Waals surface area contributed by atoms with Gasteiger partial charge in [-0.3, -0.25) is 9.59 Å². The SMILES string of the molecule is CC1CCCCC1C(=O)Nc1ccc(-c2c[nH]c3ccc(NC(=O)C45CC6CC(CC(C6)C4)C5)cc23)cc1. The average Bonchev–Trinajstić information content (AvgIpc) is 3.32. The minimum Gasteiger partial charge on any atom is -0.361 e. The van der Waals surface area contributed by atoms with Gasteiger partial charge in [-0.1, -0.05) is 31.9 Å². The van der Waals surface area contributed by atoms with Crippen LogP contribution in [0.5, 0.6) is 0 Å². The van der Waals surface area contributed by atoms with E-state index in [1.54, 1.807) is 0 Å². The number of nitrogens with one attached hydrogen (secondary N) is 3. The standard InChI is InChI=1S/C33H39N3O2/c1-20-4-2-3-5-27(20)31(37)35-25-8-6-24(7-9-25)29-19-34-30-11-10-26(15-28(29)30)36-32(38)33-16-21-12-22(17-33)14-23(13-21)18-33/h6-11,15,19-23,27,34H,2-5,12-14,16-18H2,1H3,(H,35,37)(H,36,38). The normalized spacial score (nSPS) is 31.9. The summed E-state index contributed by atoms with van der Waals surface area (Å²) in [5.41, 5.74) is 4.82. The van der Waals surface area contributed by atoms with Crippen LogP contribution >= 0.6 is 0 Å². The van der Waals surface area contributed by atoms with Gasteiger partial charge in [0.05, 0.1) is 5.41 Å². The molecule has 5 aliphatic carbocycles. The zero-order chi connectivity index (χ0) is 25.9. The summed E-state index contributed by atoms with van der Waals surface area (Å²) < 4.78 is 0. The van der Waals surface area contributed by atoms with Gasteiger partial charge in [0.2, 0.25) is 11.8 Å². The fourth-order valence-electron chi connectivity index (χ4n) is 8.76. The Morgan fingerprint density at radius 3 is 2.18 bits per heavy atom. The van der Waals surface area contributed by atoms with E-state index < -0.39 is 0 Å². The van der Waals surface area contributed by atoms with Gasteiger partial charge in [0.1, 0.15) is 0 Å². The van der Waals surface area contributed by atoms with Crippen molar-refractivity contribution in [1.29, 1.82) is 0 Å². The molecule has 0 radical (unpaired) electrons. The summed E-state index contributed by atoms with van der Waals surface area (Å²) in [6.07, 6.45) is 13.8. The lowest BCUT2D eigenvalue weighted by atomic mass is 9.49. The smallest absolute Gasteiger partial charge is 0.230 e. The maximum absolute atomic E-state index is 13.6. The van der Waals surface area contributed by atoms with Crippen LogP contribution in [0.4, 0.5) is 11.4 Å². The molecule has 0 aliphatic heterocycles. The number of benzene rings is 2. The fourth-order valence-corrected chi connectivity index (χ4v) is 8.76. The molecule has 198 valence electrons. The molecule has 3 aromatic rings. The number of rotatable bonds is 5. The van der Waals surface area contributed by atoms with Crippen LogP contribution in [0.2, 0.25) is 0 Å². The van der Waals surface area contributed by atoms with Crippen LogP contribution in [0.3, 0.4) is 0 Å². The minimum absolute atomic E-state index is 0.115. The first kappa shape index (κ1) is 24.0. The van der Waals surface area contributed by atoms with Crippen molar-refractivity contribution in [3.63, 3.8) is 0 Å². The van der Waals surface area contributed by atoms with Gasteiger partial charge < -0.3 is 15.6 Å². The number of anilines is 2. The van der Waals surface area contributed by atoms with E-state index in [2.05, 4.69) is 46.8 Å². The van der Waals surface area contributed by atoms with Crippen molar-refractivity contribution in [3.8, 4) is 11.1 Å². The van der Waals surface area contributed by atoms with Crippen LogP contribution in [-0.4, -0.2) is 16.8 Å². The Hall–Kier alpha value is -3.08. The maximum Gasteiger partial charge on any atom is 0.230 e. The molecule has 5 saturated carbocycles. The zero-order valence-corrected chi connectivity index (χ0v) is 22.4. The summed E-state index contributed by atoms with van der Waals surface area (Å²) in [6, 6.07) is 14.3. The number of H-pyrrole nitrogens is 1. The van der Waals surface area contributed by atoms with Crippen molar-refractivity contribution in [3.05, 3.63) is 48.7 Å².